The lowest BCUT2D eigenvalue weighted by atomic mass is 10.2. The summed E-state index contributed by atoms with van der Waals surface area (Å²) in [5.41, 5.74) is 2.83. The smallest absolute Gasteiger partial charge is 0.378 e. The van der Waals surface area contributed by atoms with E-state index in [1.165, 1.54) is 11.8 Å². The zero-order valence-electron chi connectivity index (χ0n) is 15.4. The second-order valence-corrected chi connectivity index (χ2v) is 7.24. The number of nitrogens with zero attached hydrogens (tertiary/aromatic N) is 3. The minimum Gasteiger partial charge on any atom is -0.378 e. The lowest BCUT2D eigenvalue weighted by Crippen LogP contribution is -2.37. The van der Waals surface area contributed by atoms with E-state index < -0.39 is 0 Å². The van der Waals surface area contributed by atoms with E-state index in [2.05, 4.69) is 20.3 Å². The van der Waals surface area contributed by atoms with E-state index in [9.17, 15) is 4.79 Å². The van der Waals surface area contributed by atoms with Crippen LogP contribution in [0.25, 0.3) is 5.69 Å². The maximum atomic E-state index is 12.6. The SMILES string of the molecule is O=C(CSc1nc[nH][n+]1-c1ccccc1)Nc1ccccc1N1CCOCC1. The third-order valence-electron chi connectivity index (χ3n) is 4.43. The highest BCUT2D eigenvalue weighted by atomic mass is 32.2. The van der Waals surface area contributed by atoms with Gasteiger partial charge in [-0.3, -0.25) is 4.79 Å². The van der Waals surface area contributed by atoms with Gasteiger partial charge in [-0.25, -0.2) is 0 Å². The van der Waals surface area contributed by atoms with Crippen molar-refractivity contribution >= 4 is 29.0 Å². The Morgan fingerprint density at radius 3 is 2.71 bits per heavy atom. The second kappa shape index (κ2) is 8.90. The zero-order chi connectivity index (χ0) is 19.2. The van der Waals surface area contributed by atoms with Gasteiger partial charge in [-0.2, -0.15) is 5.10 Å². The van der Waals surface area contributed by atoms with Gasteiger partial charge < -0.3 is 15.0 Å². The number of aromatic nitrogens is 3. The second-order valence-electron chi connectivity index (χ2n) is 6.29. The summed E-state index contributed by atoms with van der Waals surface area (Å²) in [6.45, 7) is 3.06. The summed E-state index contributed by atoms with van der Waals surface area (Å²) in [6, 6.07) is 17.8. The number of aromatic amines is 1. The molecule has 4 rings (SSSR count). The molecule has 144 valence electrons. The predicted octanol–water partition coefficient (Wildman–Crippen LogP) is 2.25. The van der Waals surface area contributed by atoms with Crippen molar-refractivity contribution in [3.63, 3.8) is 0 Å². The first-order chi connectivity index (χ1) is 13.8. The van der Waals surface area contributed by atoms with Gasteiger partial charge in [0.25, 0.3) is 0 Å². The van der Waals surface area contributed by atoms with E-state index in [1.807, 2.05) is 59.3 Å². The molecular formula is C20H22N5O2S+. The molecule has 28 heavy (non-hydrogen) atoms. The first-order valence-electron chi connectivity index (χ1n) is 9.16. The molecule has 1 aliphatic rings. The van der Waals surface area contributed by atoms with Gasteiger partial charge in [0.05, 0.1) is 30.3 Å². The van der Waals surface area contributed by atoms with Crippen LogP contribution < -0.4 is 14.9 Å². The Hall–Kier alpha value is -2.84. The monoisotopic (exact) mass is 396 g/mol. The van der Waals surface area contributed by atoms with Crippen LogP contribution >= 0.6 is 11.8 Å². The van der Waals surface area contributed by atoms with Crippen LogP contribution in [-0.4, -0.2) is 48.0 Å². The van der Waals surface area contributed by atoms with E-state index in [-0.39, 0.29) is 11.7 Å². The number of morpholine rings is 1. The Balaban J connectivity index is 1.41. The Kier molecular flexibility index (Phi) is 5.89. The molecule has 0 spiro atoms. The molecule has 0 aliphatic carbocycles. The zero-order valence-corrected chi connectivity index (χ0v) is 16.2. The number of anilines is 2. The molecule has 2 aromatic carbocycles. The van der Waals surface area contributed by atoms with Crippen LogP contribution in [0, 0.1) is 0 Å². The molecule has 0 radical (unpaired) electrons. The third-order valence-corrected chi connectivity index (χ3v) is 5.38. The van der Waals surface area contributed by atoms with Crippen LogP contribution in [-0.2, 0) is 9.53 Å². The summed E-state index contributed by atoms with van der Waals surface area (Å²) >= 11 is 1.39. The number of amides is 1. The van der Waals surface area contributed by atoms with E-state index in [0.29, 0.717) is 13.2 Å². The Bertz CT molecular complexity index is 925. The number of nitrogens with one attached hydrogen (secondary N) is 2. The van der Waals surface area contributed by atoms with Crippen LogP contribution in [0.4, 0.5) is 11.4 Å². The molecule has 2 heterocycles. The highest BCUT2D eigenvalue weighted by molar-refractivity contribution is 7.99. The van der Waals surface area contributed by atoms with E-state index in [0.717, 1.165) is 35.3 Å². The van der Waals surface area contributed by atoms with Crippen molar-refractivity contribution in [2.75, 3.05) is 42.3 Å². The number of para-hydroxylation sites is 3. The van der Waals surface area contributed by atoms with Crippen LogP contribution in [0.3, 0.4) is 0 Å². The molecule has 7 nitrogen and oxygen atoms in total. The molecule has 1 aromatic heterocycles. The summed E-state index contributed by atoms with van der Waals surface area (Å²) in [5.74, 6) is 0.211. The molecule has 3 aromatic rings. The van der Waals surface area contributed by atoms with Gasteiger partial charge in [-0.1, -0.05) is 30.3 Å². The van der Waals surface area contributed by atoms with Crippen molar-refractivity contribution in [3.8, 4) is 5.69 Å². The average Bonchev–Trinajstić information content (AvgIpc) is 3.23. The van der Waals surface area contributed by atoms with Crippen LogP contribution in [0.2, 0.25) is 0 Å². The Morgan fingerprint density at radius 1 is 1.14 bits per heavy atom. The van der Waals surface area contributed by atoms with Crippen molar-refractivity contribution in [2.24, 2.45) is 0 Å². The maximum Gasteiger partial charge on any atom is 0.385 e. The minimum absolute atomic E-state index is 0.0617. The van der Waals surface area contributed by atoms with Crippen molar-refractivity contribution in [2.45, 2.75) is 5.16 Å². The molecular weight excluding hydrogens is 374 g/mol. The first-order valence-corrected chi connectivity index (χ1v) is 10.1. The molecule has 1 saturated heterocycles. The normalized spacial score (nSPS) is 14.1. The minimum atomic E-state index is -0.0617. The average molecular weight is 396 g/mol. The van der Waals surface area contributed by atoms with Crippen LogP contribution in [0.5, 0.6) is 0 Å². The summed E-state index contributed by atoms with van der Waals surface area (Å²) in [4.78, 5) is 19.1. The van der Waals surface area contributed by atoms with Crippen LogP contribution in [0.15, 0.2) is 66.1 Å². The van der Waals surface area contributed by atoms with Gasteiger partial charge in [0.15, 0.2) is 5.69 Å². The highest BCUT2D eigenvalue weighted by Gasteiger charge is 2.20. The highest BCUT2D eigenvalue weighted by Crippen LogP contribution is 2.26. The van der Waals surface area contributed by atoms with Gasteiger partial charge in [-0.05, 0) is 41.0 Å². The number of hydrogen-bond donors (Lipinski definition) is 2. The summed E-state index contributed by atoms with van der Waals surface area (Å²) < 4.78 is 7.29. The van der Waals surface area contributed by atoms with Gasteiger partial charge in [0.2, 0.25) is 12.2 Å². The molecule has 0 unspecified atom stereocenters. The molecule has 1 amide bonds. The number of benzene rings is 2. The van der Waals surface area contributed by atoms with E-state index in [1.54, 1.807) is 6.33 Å². The number of thioether (sulfide) groups is 1. The largest absolute Gasteiger partial charge is 0.385 e. The number of H-pyrrole nitrogens is 1. The van der Waals surface area contributed by atoms with Gasteiger partial charge in [-0.15, -0.1) is 4.68 Å². The molecule has 0 atom stereocenters. The number of ether oxygens (including phenoxy) is 1. The molecule has 1 aliphatic heterocycles. The Labute approximate surface area is 167 Å². The van der Waals surface area contributed by atoms with Crippen LogP contribution in [0.1, 0.15) is 0 Å². The van der Waals surface area contributed by atoms with Gasteiger partial charge in [0, 0.05) is 13.1 Å². The quantitative estimate of drug-likeness (QED) is 0.494. The van der Waals surface area contributed by atoms with Crippen molar-refractivity contribution in [1.29, 1.82) is 0 Å². The third kappa shape index (κ3) is 4.35. The first kappa shape index (κ1) is 18.5. The van der Waals surface area contributed by atoms with Gasteiger partial charge in [0.1, 0.15) is 0 Å². The molecule has 8 heteroatoms. The Morgan fingerprint density at radius 2 is 1.89 bits per heavy atom. The van der Waals surface area contributed by atoms with E-state index in [4.69, 9.17) is 4.74 Å². The molecule has 1 fully saturated rings. The maximum absolute atomic E-state index is 12.6. The molecule has 0 saturated carbocycles. The van der Waals surface area contributed by atoms with E-state index >= 15 is 0 Å². The number of hydrogen-bond acceptors (Lipinski definition) is 5. The van der Waals surface area contributed by atoms with Crippen molar-refractivity contribution < 1.29 is 14.2 Å². The number of carbonyl (C=O) groups excluding carboxylic acids is 1. The van der Waals surface area contributed by atoms with Crippen molar-refractivity contribution in [3.05, 3.63) is 60.9 Å². The number of carbonyl (C=O) groups is 1. The standard InChI is InChI=1S/C20H21N5O2S/c26-19(14-28-20-21-15-22-25(20)16-6-2-1-3-7-16)23-17-8-4-5-9-18(17)24-10-12-27-13-11-24/h1-9,15H,10-14H2,(H,23,26)/p+1. The molecule has 0 bridgehead atoms. The number of rotatable bonds is 6. The summed E-state index contributed by atoms with van der Waals surface area (Å²) in [7, 11) is 0. The van der Waals surface area contributed by atoms with Crippen molar-refractivity contribution in [1.82, 2.24) is 10.1 Å². The lowest BCUT2D eigenvalue weighted by Gasteiger charge is -2.30. The summed E-state index contributed by atoms with van der Waals surface area (Å²) in [5, 5.41) is 6.86. The predicted molar refractivity (Wildman–Crippen MR) is 109 cm³/mol. The fraction of sp³-hybridized carbons (Fsp3) is 0.250. The summed E-state index contributed by atoms with van der Waals surface area (Å²) in [6.07, 6.45) is 1.63. The fourth-order valence-electron chi connectivity index (χ4n) is 3.09. The van der Waals surface area contributed by atoms with Gasteiger partial charge >= 0.3 is 5.16 Å². The molecule has 2 N–H and O–H groups in total. The fourth-order valence-corrected chi connectivity index (χ4v) is 3.84. The lowest BCUT2D eigenvalue weighted by molar-refractivity contribution is -0.694. The topological polar surface area (TPSA) is 74.1 Å².